The fourth-order valence-electron chi connectivity index (χ4n) is 1.33. The summed E-state index contributed by atoms with van der Waals surface area (Å²) in [5.74, 6) is -0.788. The average molecular weight is 312 g/mol. The zero-order chi connectivity index (χ0) is 13.5. The van der Waals surface area contributed by atoms with Crippen LogP contribution in [0.25, 0.3) is 0 Å². The number of carbonyl (C=O) groups excluding carboxylic acids is 1. The minimum atomic E-state index is -1.95. The van der Waals surface area contributed by atoms with Gasteiger partial charge in [-0.1, -0.05) is 34.8 Å². The summed E-state index contributed by atoms with van der Waals surface area (Å²) in [7, 11) is 0. The minimum absolute atomic E-state index is 0.0631. The number of nitro benzene ring substituents is 1. The lowest BCUT2D eigenvalue weighted by molar-refractivity contribution is -0.384. The maximum atomic E-state index is 11.6. The maximum Gasteiger partial charge on any atom is 0.345 e. The Kier molecular flexibility index (Phi) is 3.27. The minimum Gasteiger partial charge on any atom is -0.449 e. The SMILES string of the molecule is O=C1OC(C(Cl)(Cl)Cl)Oc2ccc([N+](=O)[O-])cc21. The van der Waals surface area contributed by atoms with E-state index in [9.17, 15) is 14.9 Å². The monoisotopic (exact) mass is 311 g/mol. The predicted molar refractivity (Wildman–Crippen MR) is 63.2 cm³/mol. The van der Waals surface area contributed by atoms with E-state index in [4.69, 9.17) is 44.3 Å². The molecule has 1 aliphatic rings. The molecule has 0 bridgehead atoms. The van der Waals surface area contributed by atoms with Gasteiger partial charge in [-0.25, -0.2) is 4.79 Å². The summed E-state index contributed by atoms with van der Waals surface area (Å²) in [5, 5.41) is 10.6. The van der Waals surface area contributed by atoms with Gasteiger partial charge in [-0.2, -0.15) is 0 Å². The first kappa shape index (κ1) is 13.2. The molecule has 6 nitrogen and oxygen atoms in total. The number of rotatable bonds is 1. The Bertz CT molecular complexity index is 527. The zero-order valence-corrected chi connectivity index (χ0v) is 10.7. The summed E-state index contributed by atoms with van der Waals surface area (Å²) >= 11 is 16.6. The number of benzene rings is 1. The molecule has 0 fully saturated rings. The first-order valence-corrected chi connectivity index (χ1v) is 5.65. The highest BCUT2D eigenvalue weighted by Gasteiger charge is 2.42. The summed E-state index contributed by atoms with van der Waals surface area (Å²) in [4.78, 5) is 21.5. The van der Waals surface area contributed by atoms with Crippen LogP contribution in [0.2, 0.25) is 0 Å². The van der Waals surface area contributed by atoms with E-state index < -0.39 is 21.0 Å². The number of cyclic esters (lactones) is 1. The van der Waals surface area contributed by atoms with Gasteiger partial charge in [0, 0.05) is 12.1 Å². The molecule has 0 saturated carbocycles. The summed E-state index contributed by atoms with van der Waals surface area (Å²) in [6, 6.07) is 3.45. The third-order valence-corrected chi connectivity index (χ3v) is 2.64. The Morgan fingerprint density at radius 1 is 1.28 bits per heavy atom. The van der Waals surface area contributed by atoms with Crippen LogP contribution in [0.3, 0.4) is 0 Å². The Morgan fingerprint density at radius 3 is 2.50 bits per heavy atom. The molecule has 1 aromatic rings. The molecule has 9 heteroatoms. The molecule has 0 radical (unpaired) electrons. The number of nitrogens with zero attached hydrogens (tertiary/aromatic N) is 1. The normalized spacial score (nSPS) is 18.6. The summed E-state index contributed by atoms with van der Waals surface area (Å²) in [5.41, 5.74) is -0.351. The number of alkyl halides is 3. The largest absolute Gasteiger partial charge is 0.449 e. The molecule has 1 heterocycles. The topological polar surface area (TPSA) is 78.7 Å². The molecular weight excluding hydrogens is 308 g/mol. The Labute approximate surface area is 115 Å². The van der Waals surface area contributed by atoms with Crippen LogP contribution in [0.5, 0.6) is 5.75 Å². The van der Waals surface area contributed by atoms with Crippen LogP contribution in [0.1, 0.15) is 10.4 Å². The van der Waals surface area contributed by atoms with Crippen molar-refractivity contribution in [2.75, 3.05) is 0 Å². The van der Waals surface area contributed by atoms with Crippen molar-refractivity contribution in [2.24, 2.45) is 0 Å². The van der Waals surface area contributed by atoms with Crippen molar-refractivity contribution in [2.45, 2.75) is 10.1 Å². The fraction of sp³-hybridized carbons (Fsp3) is 0.222. The molecule has 0 N–H and O–H groups in total. The molecule has 0 saturated heterocycles. The molecule has 0 spiro atoms. The van der Waals surface area contributed by atoms with E-state index in [0.29, 0.717) is 0 Å². The lowest BCUT2D eigenvalue weighted by Gasteiger charge is -2.29. The predicted octanol–water partition coefficient (Wildman–Crippen LogP) is 2.84. The van der Waals surface area contributed by atoms with E-state index in [-0.39, 0.29) is 17.0 Å². The number of hydrogen-bond acceptors (Lipinski definition) is 5. The van der Waals surface area contributed by atoms with Crippen LogP contribution in [0.15, 0.2) is 18.2 Å². The van der Waals surface area contributed by atoms with Gasteiger partial charge in [-0.05, 0) is 6.07 Å². The van der Waals surface area contributed by atoms with Gasteiger partial charge in [-0.3, -0.25) is 10.1 Å². The quantitative estimate of drug-likeness (QED) is 0.345. The van der Waals surface area contributed by atoms with E-state index in [0.717, 1.165) is 6.07 Å². The van der Waals surface area contributed by atoms with Crippen LogP contribution in [-0.2, 0) is 4.74 Å². The van der Waals surface area contributed by atoms with Crippen molar-refractivity contribution in [1.29, 1.82) is 0 Å². The van der Waals surface area contributed by atoms with Crippen LogP contribution >= 0.6 is 34.8 Å². The second-order valence-electron chi connectivity index (χ2n) is 3.33. The fourth-order valence-corrected chi connectivity index (χ4v) is 1.59. The Balaban J connectivity index is 2.39. The van der Waals surface area contributed by atoms with Gasteiger partial charge in [0.25, 0.3) is 15.8 Å². The molecule has 1 aliphatic heterocycles. The lowest BCUT2D eigenvalue weighted by atomic mass is 10.1. The van der Waals surface area contributed by atoms with E-state index in [1.54, 1.807) is 0 Å². The van der Waals surface area contributed by atoms with Crippen molar-refractivity contribution in [3.05, 3.63) is 33.9 Å². The van der Waals surface area contributed by atoms with Gasteiger partial charge in [0.2, 0.25) is 0 Å². The van der Waals surface area contributed by atoms with Gasteiger partial charge >= 0.3 is 5.97 Å². The van der Waals surface area contributed by atoms with Gasteiger partial charge < -0.3 is 9.47 Å². The van der Waals surface area contributed by atoms with E-state index in [1.807, 2.05) is 0 Å². The molecular formula is C9H4Cl3NO5. The number of nitro groups is 1. The number of non-ortho nitro benzene ring substituents is 1. The number of carbonyl (C=O) groups is 1. The highest BCUT2D eigenvalue weighted by atomic mass is 35.6. The van der Waals surface area contributed by atoms with Crippen LogP contribution in [0, 0.1) is 10.1 Å². The third-order valence-electron chi connectivity index (χ3n) is 2.11. The van der Waals surface area contributed by atoms with Crippen molar-refractivity contribution >= 4 is 46.5 Å². The molecule has 18 heavy (non-hydrogen) atoms. The van der Waals surface area contributed by atoms with Crippen LogP contribution in [-0.4, -0.2) is 21.0 Å². The maximum absolute atomic E-state index is 11.6. The highest BCUT2D eigenvalue weighted by Crippen LogP contribution is 2.38. The smallest absolute Gasteiger partial charge is 0.345 e. The average Bonchev–Trinajstić information content (AvgIpc) is 2.27. The Hall–Kier alpha value is -1.24. The van der Waals surface area contributed by atoms with Crippen LogP contribution in [0.4, 0.5) is 5.69 Å². The van der Waals surface area contributed by atoms with Crippen molar-refractivity contribution in [3.63, 3.8) is 0 Å². The molecule has 1 unspecified atom stereocenters. The standard InChI is InChI=1S/C9H4Cl3NO5/c10-9(11,12)8-17-6-2-1-4(13(15)16)3-5(6)7(14)18-8/h1-3,8H. The molecule has 2 rings (SSSR count). The number of hydrogen-bond donors (Lipinski definition) is 0. The molecule has 0 aliphatic carbocycles. The number of halogens is 3. The number of fused-ring (bicyclic) bond motifs is 1. The van der Waals surface area contributed by atoms with Gasteiger partial charge in [0.05, 0.1) is 4.92 Å². The molecule has 1 atom stereocenters. The van der Waals surface area contributed by atoms with Gasteiger partial charge in [-0.15, -0.1) is 0 Å². The van der Waals surface area contributed by atoms with Crippen molar-refractivity contribution < 1.29 is 19.2 Å². The second kappa shape index (κ2) is 4.46. The number of esters is 1. The van der Waals surface area contributed by atoms with E-state index in [2.05, 4.69) is 0 Å². The zero-order valence-electron chi connectivity index (χ0n) is 8.43. The summed E-state index contributed by atoms with van der Waals surface area (Å²) in [6.45, 7) is 0. The van der Waals surface area contributed by atoms with Gasteiger partial charge in [0.1, 0.15) is 11.3 Å². The number of ether oxygens (including phenoxy) is 2. The summed E-state index contributed by atoms with van der Waals surface area (Å²) < 4.78 is 7.92. The summed E-state index contributed by atoms with van der Waals surface area (Å²) in [6.07, 6.45) is -1.40. The first-order valence-electron chi connectivity index (χ1n) is 4.52. The van der Waals surface area contributed by atoms with E-state index in [1.165, 1.54) is 12.1 Å². The Morgan fingerprint density at radius 2 is 1.94 bits per heavy atom. The third kappa shape index (κ3) is 2.45. The van der Waals surface area contributed by atoms with Gasteiger partial charge in [0.15, 0.2) is 0 Å². The first-order chi connectivity index (χ1) is 8.29. The van der Waals surface area contributed by atoms with Crippen molar-refractivity contribution in [3.8, 4) is 5.75 Å². The molecule has 0 aromatic heterocycles. The lowest BCUT2D eigenvalue weighted by Crippen LogP contribution is -2.39. The molecule has 0 amide bonds. The second-order valence-corrected chi connectivity index (χ2v) is 5.70. The molecule has 96 valence electrons. The van der Waals surface area contributed by atoms with E-state index >= 15 is 0 Å². The van der Waals surface area contributed by atoms with Crippen LogP contribution < -0.4 is 4.74 Å². The highest BCUT2D eigenvalue weighted by molar-refractivity contribution is 6.68. The van der Waals surface area contributed by atoms with Crippen molar-refractivity contribution in [1.82, 2.24) is 0 Å². The molecule has 1 aromatic carbocycles.